The summed E-state index contributed by atoms with van der Waals surface area (Å²) in [4.78, 5) is 30.8. The molecule has 0 radical (unpaired) electrons. The number of hydrogen-bond donors (Lipinski definition) is 2. The van der Waals surface area contributed by atoms with Crippen LogP contribution in [0.2, 0.25) is 0 Å². The van der Waals surface area contributed by atoms with Crippen molar-refractivity contribution < 1.29 is 19.1 Å². The first-order chi connectivity index (χ1) is 18.5. The van der Waals surface area contributed by atoms with Crippen LogP contribution < -0.4 is 10.2 Å². The van der Waals surface area contributed by atoms with E-state index in [9.17, 15) is 9.59 Å². The van der Waals surface area contributed by atoms with Crippen molar-refractivity contribution >= 4 is 28.5 Å². The fourth-order valence-corrected chi connectivity index (χ4v) is 5.07. The third-order valence-corrected chi connectivity index (χ3v) is 7.05. The zero-order valence-electron chi connectivity index (χ0n) is 21.8. The van der Waals surface area contributed by atoms with Gasteiger partial charge >= 0.3 is 5.97 Å². The average molecular weight is 512 g/mol. The van der Waals surface area contributed by atoms with Crippen LogP contribution in [0.5, 0.6) is 0 Å². The van der Waals surface area contributed by atoms with E-state index in [1.165, 1.54) is 12.7 Å². The van der Waals surface area contributed by atoms with Crippen LogP contribution in [0.4, 0.5) is 5.69 Å². The molecule has 0 spiro atoms. The number of morpholine rings is 1. The van der Waals surface area contributed by atoms with Crippen molar-refractivity contribution in [3.8, 4) is 0 Å². The Morgan fingerprint density at radius 1 is 1.03 bits per heavy atom. The van der Waals surface area contributed by atoms with Gasteiger partial charge in [0.25, 0.3) is 0 Å². The number of esters is 1. The minimum absolute atomic E-state index is 0.0724. The lowest BCUT2D eigenvalue weighted by atomic mass is 9.94. The summed E-state index contributed by atoms with van der Waals surface area (Å²) in [7, 11) is 1.38. The number of anilines is 1. The van der Waals surface area contributed by atoms with Gasteiger partial charge in [-0.2, -0.15) is 0 Å². The third-order valence-electron chi connectivity index (χ3n) is 7.05. The minimum atomic E-state index is -0.298. The number of aromatic nitrogens is 1. The zero-order chi connectivity index (χ0) is 26.5. The first kappa shape index (κ1) is 25.5. The Balaban J connectivity index is 1.43. The number of carbonyl (C=O) groups is 2. The van der Waals surface area contributed by atoms with E-state index < -0.39 is 0 Å². The summed E-state index contributed by atoms with van der Waals surface area (Å²) < 4.78 is 10.4. The molecule has 4 aromatic rings. The van der Waals surface area contributed by atoms with E-state index in [0.717, 1.165) is 51.9 Å². The van der Waals surface area contributed by atoms with Gasteiger partial charge in [0.05, 0.1) is 39.2 Å². The number of nitrogens with zero attached hydrogens (tertiary/aromatic N) is 1. The van der Waals surface area contributed by atoms with Gasteiger partial charge in [-0.15, -0.1) is 0 Å². The molecule has 1 aliphatic rings. The molecule has 2 N–H and O–H groups in total. The number of methoxy groups -OCH3 is 1. The summed E-state index contributed by atoms with van der Waals surface area (Å²) in [5, 5.41) is 4.24. The van der Waals surface area contributed by atoms with Gasteiger partial charge in [0.1, 0.15) is 0 Å². The number of nitrogens with one attached hydrogen (secondary N) is 2. The van der Waals surface area contributed by atoms with Crippen molar-refractivity contribution in [1.82, 2.24) is 10.3 Å². The van der Waals surface area contributed by atoms with E-state index in [1.54, 1.807) is 0 Å². The number of amides is 1. The van der Waals surface area contributed by atoms with Crippen molar-refractivity contribution in [3.05, 3.63) is 101 Å². The van der Waals surface area contributed by atoms with Gasteiger partial charge in [0.2, 0.25) is 5.91 Å². The van der Waals surface area contributed by atoms with Crippen LogP contribution in [0, 0.1) is 6.92 Å². The number of aromatic amines is 1. The molecule has 196 valence electrons. The molecule has 5 rings (SSSR count). The highest BCUT2D eigenvalue weighted by atomic mass is 16.5. The van der Waals surface area contributed by atoms with E-state index in [2.05, 4.69) is 52.5 Å². The fourth-order valence-electron chi connectivity index (χ4n) is 5.07. The normalized spacial score (nSPS) is 14.3. The maximum absolute atomic E-state index is 13.5. The number of rotatable bonds is 8. The van der Waals surface area contributed by atoms with Gasteiger partial charge in [0.15, 0.2) is 0 Å². The minimum Gasteiger partial charge on any atom is -0.469 e. The molecular formula is C31H33N3O4. The van der Waals surface area contributed by atoms with Gasteiger partial charge in [-0.25, -0.2) is 0 Å². The van der Waals surface area contributed by atoms with Gasteiger partial charge in [0, 0.05) is 41.4 Å². The van der Waals surface area contributed by atoms with E-state index in [4.69, 9.17) is 9.47 Å². The molecule has 3 aromatic carbocycles. The number of H-pyrrole nitrogens is 1. The first-order valence-electron chi connectivity index (χ1n) is 12.9. The highest BCUT2D eigenvalue weighted by molar-refractivity contribution is 5.89. The van der Waals surface area contributed by atoms with Crippen molar-refractivity contribution in [1.29, 1.82) is 0 Å². The van der Waals surface area contributed by atoms with E-state index in [-0.39, 0.29) is 30.8 Å². The smallest absolute Gasteiger partial charge is 0.310 e. The standard InChI is InChI=1S/C31H33N3O4/c1-21-8-10-25(28(16-21)34-12-14-38-15-13-34)31(23-6-4-3-5-7-23)33-29(35)18-22-9-11-27-26(17-22)24(20-32-27)19-30(36)37-2/h3-11,16-17,20,31-32H,12-15,18-19H2,1-2H3,(H,33,35). The van der Waals surface area contributed by atoms with Crippen molar-refractivity contribution in [3.63, 3.8) is 0 Å². The molecule has 1 fully saturated rings. The molecule has 1 atom stereocenters. The van der Waals surface area contributed by atoms with E-state index >= 15 is 0 Å². The lowest BCUT2D eigenvalue weighted by Crippen LogP contribution is -2.38. The second-order valence-electron chi connectivity index (χ2n) is 9.70. The lowest BCUT2D eigenvalue weighted by molar-refractivity contribution is -0.139. The molecule has 1 unspecified atom stereocenters. The molecular weight excluding hydrogens is 478 g/mol. The van der Waals surface area contributed by atoms with Crippen LogP contribution in [0.15, 0.2) is 72.9 Å². The van der Waals surface area contributed by atoms with Gasteiger partial charge in [-0.1, -0.05) is 48.5 Å². The number of hydrogen-bond acceptors (Lipinski definition) is 5. The van der Waals surface area contributed by atoms with Crippen molar-refractivity contribution in [2.75, 3.05) is 38.3 Å². The molecule has 7 heteroatoms. The van der Waals surface area contributed by atoms with Crippen LogP contribution in [-0.2, 0) is 31.9 Å². The zero-order valence-corrected chi connectivity index (χ0v) is 21.8. The predicted octanol–water partition coefficient (Wildman–Crippen LogP) is 4.48. The molecule has 1 saturated heterocycles. The highest BCUT2D eigenvalue weighted by Gasteiger charge is 2.24. The number of aryl methyl sites for hydroxylation is 1. The third kappa shape index (κ3) is 5.73. The van der Waals surface area contributed by atoms with E-state index in [0.29, 0.717) is 13.2 Å². The Morgan fingerprint density at radius 2 is 1.82 bits per heavy atom. The van der Waals surface area contributed by atoms with Crippen LogP contribution in [-0.4, -0.2) is 50.3 Å². The van der Waals surface area contributed by atoms with Crippen LogP contribution in [0.25, 0.3) is 10.9 Å². The van der Waals surface area contributed by atoms with Crippen LogP contribution >= 0.6 is 0 Å². The lowest BCUT2D eigenvalue weighted by Gasteiger charge is -2.33. The second-order valence-corrected chi connectivity index (χ2v) is 9.70. The van der Waals surface area contributed by atoms with Crippen molar-refractivity contribution in [2.45, 2.75) is 25.8 Å². The number of carbonyl (C=O) groups excluding carboxylic acids is 2. The van der Waals surface area contributed by atoms with Crippen LogP contribution in [0.1, 0.15) is 33.9 Å². The number of benzene rings is 3. The maximum atomic E-state index is 13.5. The van der Waals surface area contributed by atoms with E-state index in [1.807, 2.05) is 42.6 Å². The predicted molar refractivity (Wildman–Crippen MR) is 148 cm³/mol. The topological polar surface area (TPSA) is 83.7 Å². The quantitative estimate of drug-likeness (QED) is 0.341. The summed E-state index contributed by atoms with van der Waals surface area (Å²) in [6, 6.07) is 22.1. The molecule has 0 saturated carbocycles. The fraction of sp³-hybridized carbons (Fsp3) is 0.290. The number of ether oxygens (including phenoxy) is 2. The van der Waals surface area contributed by atoms with Gasteiger partial charge in [-0.05, 0) is 47.4 Å². The summed E-state index contributed by atoms with van der Waals surface area (Å²) in [6.07, 6.45) is 2.22. The summed E-state index contributed by atoms with van der Waals surface area (Å²) in [5.74, 6) is -0.370. The molecule has 2 heterocycles. The molecule has 1 aromatic heterocycles. The average Bonchev–Trinajstić information content (AvgIpc) is 3.34. The molecule has 1 aliphatic heterocycles. The Morgan fingerprint density at radius 3 is 2.58 bits per heavy atom. The Hall–Kier alpha value is -4.10. The number of fused-ring (bicyclic) bond motifs is 1. The second kappa shape index (κ2) is 11.5. The van der Waals surface area contributed by atoms with Crippen LogP contribution in [0.3, 0.4) is 0 Å². The summed E-state index contributed by atoms with van der Waals surface area (Å²) in [5.41, 5.74) is 7.06. The Kier molecular flexibility index (Phi) is 7.75. The SMILES string of the molecule is COC(=O)Cc1c[nH]c2ccc(CC(=O)NC(c3ccccc3)c3ccc(C)cc3N3CCOCC3)cc12. The summed E-state index contributed by atoms with van der Waals surface area (Å²) in [6.45, 7) is 5.10. The van der Waals surface area contributed by atoms with Crippen molar-refractivity contribution in [2.24, 2.45) is 0 Å². The molecule has 1 amide bonds. The van der Waals surface area contributed by atoms with Gasteiger partial charge < -0.3 is 24.7 Å². The Labute approximate surface area is 222 Å². The first-order valence-corrected chi connectivity index (χ1v) is 12.9. The highest BCUT2D eigenvalue weighted by Crippen LogP contribution is 2.33. The molecule has 38 heavy (non-hydrogen) atoms. The molecule has 0 bridgehead atoms. The molecule has 0 aliphatic carbocycles. The molecule has 7 nitrogen and oxygen atoms in total. The summed E-state index contributed by atoms with van der Waals surface area (Å²) >= 11 is 0. The Bertz CT molecular complexity index is 1420. The van der Waals surface area contributed by atoms with Gasteiger partial charge in [-0.3, -0.25) is 9.59 Å². The maximum Gasteiger partial charge on any atom is 0.310 e. The largest absolute Gasteiger partial charge is 0.469 e. The monoisotopic (exact) mass is 511 g/mol.